The number of benzene rings is 1. The molecule has 23 heavy (non-hydrogen) atoms. The predicted octanol–water partition coefficient (Wildman–Crippen LogP) is 2.10. The van der Waals surface area contributed by atoms with Gasteiger partial charge in [0.1, 0.15) is 22.2 Å². The molecule has 1 aromatic carbocycles. The van der Waals surface area contributed by atoms with Gasteiger partial charge in [0.15, 0.2) is 5.76 Å². The second-order valence-electron chi connectivity index (χ2n) is 4.98. The molecule has 2 rings (SSSR count). The third kappa shape index (κ3) is 3.69. The largest absolute Gasteiger partial charge is 0.433 e. The van der Waals surface area contributed by atoms with Crippen molar-refractivity contribution in [3.63, 3.8) is 0 Å². The number of rotatable bonds is 5. The van der Waals surface area contributed by atoms with Gasteiger partial charge < -0.3 is 14.8 Å². The quantitative estimate of drug-likeness (QED) is 0.646. The lowest BCUT2D eigenvalue weighted by molar-refractivity contribution is -0.402. The summed E-state index contributed by atoms with van der Waals surface area (Å²) in [6.07, 6.45) is 0. The smallest absolute Gasteiger partial charge is 0.395 e. The van der Waals surface area contributed by atoms with E-state index in [2.05, 4.69) is 5.32 Å². The third-order valence-corrected chi connectivity index (χ3v) is 3.10. The van der Waals surface area contributed by atoms with Crippen LogP contribution in [0, 0.1) is 21.7 Å². The summed E-state index contributed by atoms with van der Waals surface area (Å²) in [5.74, 6) is -3.51. The molecule has 0 aliphatic rings. The minimum absolute atomic E-state index is 0.204. The van der Waals surface area contributed by atoms with Crippen LogP contribution in [0.1, 0.15) is 23.0 Å². The minimum Gasteiger partial charge on any atom is -0.395 e. The van der Waals surface area contributed by atoms with Crippen LogP contribution in [0.5, 0.6) is 0 Å². The van der Waals surface area contributed by atoms with E-state index in [9.17, 15) is 28.8 Å². The Bertz CT molecular complexity index is 757. The van der Waals surface area contributed by atoms with E-state index in [1.807, 2.05) is 0 Å². The maximum Gasteiger partial charge on any atom is 0.433 e. The molecule has 0 saturated heterocycles. The molecule has 0 unspecified atom stereocenters. The number of carbonyl (C=O) groups excluding carboxylic acids is 1. The molecule has 0 spiro atoms. The zero-order valence-electron chi connectivity index (χ0n) is 11.9. The molecule has 122 valence electrons. The first-order valence-corrected chi connectivity index (χ1v) is 6.41. The van der Waals surface area contributed by atoms with Gasteiger partial charge in [-0.2, -0.15) is 0 Å². The molecular formula is C14H12F2N2O5. The molecule has 0 radical (unpaired) electrons. The Kier molecular flexibility index (Phi) is 4.41. The van der Waals surface area contributed by atoms with Gasteiger partial charge in [0, 0.05) is 11.6 Å². The van der Waals surface area contributed by atoms with Crippen molar-refractivity contribution in [2.75, 3.05) is 6.54 Å². The highest BCUT2D eigenvalue weighted by molar-refractivity contribution is 5.91. The van der Waals surface area contributed by atoms with Crippen molar-refractivity contribution >= 4 is 11.8 Å². The molecule has 0 aliphatic heterocycles. The van der Waals surface area contributed by atoms with Gasteiger partial charge in [0.05, 0.1) is 12.6 Å². The maximum atomic E-state index is 13.7. The molecule has 1 heterocycles. The van der Waals surface area contributed by atoms with Gasteiger partial charge in [-0.05, 0) is 19.1 Å². The Morgan fingerprint density at radius 3 is 2.65 bits per heavy atom. The highest BCUT2D eigenvalue weighted by Gasteiger charge is 2.28. The first-order chi connectivity index (χ1) is 10.7. The first kappa shape index (κ1) is 16.6. The van der Waals surface area contributed by atoms with Crippen molar-refractivity contribution in [1.82, 2.24) is 5.32 Å². The normalized spacial score (nSPS) is 13.4. The average molecular weight is 326 g/mol. The van der Waals surface area contributed by atoms with Gasteiger partial charge in [-0.25, -0.2) is 8.78 Å². The number of nitro groups is 1. The van der Waals surface area contributed by atoms with Gasteiger partial charge in [0.25, 0.3) is 5.91 Å². The van der Waals surface area contributed by atoms with Gasteiger partial charge in [-0.15, -0.1) is 0 Å². The van der Waals surface area contributed by atoms with Crippen molar-refractivity contribution in [1.29, 1.82) is 0 Å². The SMILES string of the molecule is C[C@](O)(CNC(=O)c1ccc([N+](=O)[O-])o1)c1ccc(F)cc1F. The Balaban J connectivity index is 2.08. The standard InChI is InChI=1S/C14H12F2N2O5/c1-14(20,9-3-2-8(15)6-10(9)16)7-17-13(19)11-4-5-12(23-11)18(21)22/h2-6,20H,7H2,1H3,(H,17,19)/t14-/m0/s1. The monoisotopic (exact) mass is 326 g/mol. The van der Waals surface area contributed by atoms with Crippen LogP contribution in [0.3, 0.4) is 0 Å². The fraction of sp³-hybridized carbons (Fsp3) is 0.214. The highest BCUT2D eigenvalue weighted by atomic mass is 19.1. The number of hydrogen-bond acceptors (Lipinski definition) is 5. The lowest BCUT2D eigenvalue weighted by Gasteiger charge is -2.24. The lowest BCUT2D eigenvalue weighted by Crippen LogP contribution is -2.39. The molecule has 0 bridgehead atoms. The molecule has 0 fully saturated rings. The molecular weight excluding hydrogens is 314 g/mol. The topological polar surface area (TPSA) is 106 Å². The third-order valence-electron chi connectivity index (χ3n) is 3.10. The van der Waals surface area contributed by atoms with Crippen LogP contribution in [0.2, 0.25) is 0 Å². The molecule has 7 nitrogen and oxygen atoms in total. The molecule has 0 saturated carbocycles. The summed E-state index contributed by atoms with van der Waals surface area (Å²) in [4.78, 5) is 21.5. The van der Waals surface area contributed by atoms with Crippen LogP contribution >= 0.6 is 0 Å². The van der Waals surface area contributed by atoms with Crippen molar-refractivity contribution < 1.29 is 28.0 Å². The number of halogens is 2. The molecule has 1 amide bonds. The molecule has 1 aromatic heterocycles. The summed E-state index contributed by atoms with van der Waals surface area (Å²) in [5.41, 5.74) is -2.02. The summed E-state index contributed by atoms with van der Waals surface area (Å²) in [6, 6.07) is 4.76. The average Bonchev–Trinajstić information content (AvgIpc) is 2.94. The van der Waals surface area contributed by atoms with E-state index < -0.39 is 40.5 Å². The predicted molar refractivity (Wildman–Crippen MR) is 73.6 cm³/mol. The van der Waals surface area contributed by atoms with Gasteiger partial charge >= 0.3 is 5.88 Å². The molecule has 2 aromatic rings. The van der Waals surface area contributed by atoms with E-state index in [0.717, 1.165) is 24.3 Å². The molecule has 2 N–H and O–H groups in total. The number of aliphatic hydroxyl groups is 1. The van der Waals surface area contributed by atoms with Gasteiger partial charge in [0.2, 0.25) is 0 Å². The van der Waals surface area contributed by atoms with Crippen molar-refractivity contribution in [3.05, 3.63) is 63.4 Å². The molecule has 1 atom stereocenters. The fourth-order valence-electron chi connectivity index (χ4n) is 1.91. The van der Waals surface area contributed by atoms with E-state index in [0.29, 0.717) is 6.07 Å². The summed E-state index contributed by atoms with van der Waals surface area (Å²) in [6.45, 7) is 0.817. The van der Waals surface area contributed by atoms with Crippen LogP contribution in [0.15, 0.2) is 34.7 Å². The number of carbonyl (C=O) groups is 1. The van der Waals surface area contributed by atoms with Crippen LogP contribution in [-0.2, 0) is 5.60 Å². The second kappa shape index (κ2) is 6.13. The number of nitrogens with zero attached hydrogens (tertiary/aromatic N) is 1. The summed E-state index contributed by atoms with van der Waals surface area (Å²) in [5, 5.41) is 23.0. The maximum absolute atomic E-state index is 13.7. The summed E-state index contributed by atoms with van der Waals surface area (Å²) in [7, 11) is 0. The van der Waals surface area contributed by atoms with Crippen molar-refractivity contribution in [2.45, 2.75) is 12.5 Å². The van der Waals surface area contributed by atoms with Crippen LogP contribution in [0.4, 0.5) is 14.7 Å². The van der Waals surface area contributed by atoms with Gasteiger partial charge in [-0.3, -0.25) is 14.9 Å². The van der Waals surface area contributed by atoms with E-state index in [-0.39, 0.29) is 11.3 Å². The Morgan fingerprint density at radius 1 is 1.39 bits per heavy atom. The zero-order chi connectivity index (χ0) is 17.2. The Morgan fingerprint density at radius 2 is 2.09 bits per heavy atom. The zero-order valence-corrected chi connectivity index (χ0v) is 11.9. The highest BCUT2D eigenvalue weighted by Crippen LogP contribution is 2.24. The van der Waals surface area contributed by atoms with Crippen LogP contribution in [0.25, 0.3) is 0 Å². The van der Waals surface area contributed by atoms with E-state index in [4.69, 9.17) is 4.42 Å². The van der Waals surface area contributed by atoms with E-state index in [1.54, 1.807) is 0 Å². The van der Waals surface area contributed by atoms with Crippen molar-refractivity contribution in [2.24, 2.45) is 0 Å². The second-order valence-corrected chi connectivity index (χ2v) is 4.98. The van der Waals surface area contributed by atoms with E-state index >= 15 is 0 Å². The lowest BCUT2D eigenvalue weighted by atomic mass is 9.95. The van der Waals surface area contributed by atoms with Crippen molar-refractivity contribution in [3.8, 4) is 0 Å². The number of nitrogens with one attached hydrogen (secondary N) is 1. The minimum atomic E-state index is -1.81. The number of amides is 1. The Hall–Kier alpha value is -2.81. The first-order valence-electron chi connectivity index (χ1n) is 6.41. The van der Waals surface area contributed by atoms with Crippen LogP contribution < -0.4 is 5.32 Å². The number of furan rings is 1. The molecule has 0 aliphatic carbocycles. The van der Waals surface area contributed by atoms with Crippen LogP contribution in [-0.4, -0.2) is 22.5 Å². The number of hydrogen-bond donors (Lipinski definition) is 2. The summed E-state index contributed by atoms with van der Waals surface area (Å²) >= 11 is 0. The van der Waals surface area contributed by atoms with E-state index in [1.165, 1.54) is 6.92 Å². The summed E-state index contributed by atoms with van der Waals surface area (Å²) < 4.78 is 31.3. The van der Waals surface area contributed by atoms with Gasteiger partial charge in [-0.1, -0.05) is 6.07 Å². The Labute approximate surface area is 128 Å². The molecule has 9 heteroatoms. The fourth-order valence-corrected chi connectivity index (χ4v) is 1.91.